The standard InChI is InChI=1S/C24H30N2O2/c1-27-23-13-5-3-9-21(23)11-7-15-25-17-19-26(20-18-25)16-8-12-22-10-4-6-14-24(22)28-2/h3-14H,15-20H2,1-2H3. The number of benzene rings is 2. The first-order valence-electron chi connectivity index (χ1n) is 9.84. The van der Waals surface area contributed by atoms with Crippen LogP contribution < -0.4 is 9.47 Å². The van der Waals surface area contributed by atoms with E-state index in [1.807, 2.05) is 36.4 Å². The zero-order chi connectivity index (χ0) is 19.6. The molecule has 148 valence electrons. The zero-order valence-electron chi connectivity index (χ0n) is 16.9. The van der Waals surface area contributed by atoms with Crippen LogP contribution in [-0.2, 0) is 0 Å². The molecule has 0 N–H and O–H groups in total. The van der Waals surface area contributed by atoms with E-state index >= 15 is 0 Å². The van der Waals surface area contributed by atoms with Crippen LogP contribution in [0.15, 0.2) is 60.7 Å². The van der Waals surface area contributed by atoms with Crippen molar-refractivity contribution in [2.45, 2.75) is 0 Å². The number of nitrogens with zero attached hydrogens (tertiary/aromatic N) is 2. The lowest BCUT2D eigenvalue weighted by atomic mass is 10.2. The minimum atomic E-state index is 0.922. The molecule has 2 aromatic rings. The Morgan fingerprint density at radius 3 is 1.46 bits per heavy atom. The molecule has 0 unspecified atom stereocenters. The molecule has 0 aliphatic carbocycles. The van der Waals surface area contributed by atoms with Crippen molar-refractivity contribution in [2.75, 3.05) is 53.5 Å². The predicted octanol–water partition coefficient (Wildman–Crippen LogP) is 4.05. The second-order valence-corrected chi connectivity index (χ2v) is 6.89. The Hall–Kier alpha value is -2.56. The van der Waals surface area contributed by atoms with Gasteiger partial charge in [0.25, 0.3) is 0 Å². The molecule has 4 nitrogen and oxygen atoms in total. The molecule has 28 heavy (non-hydrogen) atoms. The van der Waals surface area contributed by atoms with Crippen LogP contribution in [-0.4, -0.2) is 63.3 Å². The molecule has 1 fully saturated rings. The van der Waals surface area contributed by atoms with Gasteiger partial charge in [-0.05, 0) is 12.1 Å². The van der Waals surface area contributed by atoms with Gasteiger partial charge in [-0.3, -0.25) is 9.80 Å². The van der Waals surface area contributed by atoms with Gasteiger partial charge in [0.15, 0.2) is 0 Å². The smallest absolute Gasteiger partial charge is 0.126 e. The molecular weight excluding hydrogens is 348 g/mol. The van der Waals surface area contributed by atoms with Crippen LogP contribution in [0.2, 0.25) is 0 Å². The molecule has 1 heterocycles. The summed E-state index contributed by atoms with van der Waals surface area (Å²) < 4.78 is 10.8. The van der Waals surface area contributed by atoms with Crippen LogP contribution in [0, 0.1) is 0 Å². The van der Waals surface area contributed by atoms with Crippen molar-refractivity contribution in [1.29, 1.82) is 0 Å². The number of hydrogen-bond donors (Lipinski definition) is 0. The Bertz CT molecular complexity index is 725. The van der Waals surface area contributed by atoms with E-state index in [1.165, 1.54) is 0 Å². The lowest BCUT2D eigenvalue weighted by Crippen LogP contribution is -2.46. The topological polar surface area (TPSA) is 24.9 Å². The van der Waals surface area contributed by atoms with E-state index in [0.29, 0.717) is 0 Å². The summed E-state index contributed by atoms with van der Waals surface area (Å²) in [4.78, 5) is 4.98. The Labute approximate surface area is 168 Å². The number of ether oxygens (including phenoxy) is 2. The van der Waals surface area contributed by atoms with Gasteiger partial charge in [0, 0.05) is 50.4 Å². The molecule has 0 atom stereocenters. The van der Waals surface area contributed by atoms with Crippen molar-refractivity contribution >= 4 is 12.2 Å². The Morgan fingerprint density at radius 1 is 0.679 bits per heavy atom. The zero-order valence-corrected chi connectivity index (χ0v) is 16.9. The van der Waals surface area contributed by atoms with Crippen LogP contribution in [0.3, 0.4) is 0 Å². The Kier molecular flexibility index (Phi) is 7.71. The van der Waals surface area contributed by atoms with Gasteiger partial charge in [0.1, 0.15) is 11.5 Å². The van der Waals surface area contributed by atoms with Gasteiger partial charge in [0.05, 0.1) is 14.2 Å². The average Bonchev–Trinajstić information content (AvgIpc) is 2.75. The lowest BCUT2D eigenvalue weighted by Gasteiger charge is -2.33. The maximum Gasteiger partial charge on any atom is 0.126 e. The first-order chi connectivity index (χ1) is 13.8. The highest BCUT2D eigenvalue weighted by atomic mass is 16.5. The van der Waals surface area contributed by atoms with E-state index in [9.17, 15) is 0 Å². The van der Waals surface area contributed by atoms with Crippen molar-refractivity contribution in [2.24, 2.45) is 0 Å². The summed E-state index contributed by atoms with van der Waals surface area (Å²) in [6.45, 7) is 6.33. The highest BCUT2D eigenvalue weighted by Crippen LogP contribution is 2.19. The summed E-state index contributed by atoms with van der Waals surface area (Å²) in [6.07, 6.45) is 8.77. The fourth-order valence-corrected chi connectivity index (χ4v) is 3.42. The van der Waals surface area contributed by atoms with Gasteiger partial charge in [-0.1, -0.05) is 60.7 Å². The van der Waals surface area contributed by atoms with E-state index in [0.717, 1.165) is 61.9 Å². The van der Waals surface area contributed by atoms with E-state index < -0.39 is 0 Å². The molecule has 1 saturated heterocycles. The van der Waals surface area contributed by atoms with E-state index in [1.54, 1.807) is 14.2 Å². The third-order valence-corrected chi connectivity index (χ3v) is 5.06. The summed E-state index contributed by atoms with van der Waals surface area (Å²) in [5.74, 6) is 1.84. The van der Waals surface area contributed by atoms with Crippen LogP contribution in [0.4, 0.5) is 0 Å². The monoisotopic (exact) mass is 378 g/mol. The number of hydrogen-bond acceptors (Lipinski definition) is 4. The highest BCUT2D eigenvalue weighted by molar-refractivity contribution is 5.57. The minimum absolute atomic E-state index is 0.922. The van der Waals surface area contributed by atoms with Crippen LogP contribution in [0.25, 0.3) is 12.2 Å². The molecule has 1 aliphatic rings. The summed E-state index contributed by atoms with van der Waals surface area (Å²) >= 11 is 0. The largest absolute Gasteiger partial charge is 0.496 e. The fourth-order valence-electron chi connectivity index (χ4n) is 3.42. The molecule has 0 amide bonds. The van der Waals surface area contributed by atoms with E-state index in [4.69, 9.17) is 9.47 Å². The first kappa shape index (κ1) is 20.2. The van der Waals surface area contributed by atoms with Gasteiger partial charge < -0.3 is 9.47 Å². The normalized spacial score (nSPS) is 16.1. The summed E-state index contributed by atoms with van der Waals surface area (Å²) in [5, 5.41) is 0. The predicted molar refractivity (Wildman–Crippen MR) is 117 cm³/mol. The van der Waals surface area contributed by atoms with Gasteiger partial charge in [0.2, 0.25) is 0 Å². The third kappa shape index (κ3) is 5.72. The summed E-state index contributed by atoms with van der Waals surface area (Å²) in [5.41, 5.74) is 2.26. The first-order valence-corrected chi connectivity index (χ1v) is 9.84. The summed E-state index contributed by atoms with van der Waals surface area (Å²) in [6, 6.07) is 16.2. The minimum Gasteiger partial charge on any atom is -0.496 e. The fraction of sp³-hybridized carbons (Fsp3) is 0.333. The van der Waals surface area contributed by atoms with Gasteiger partial charge in [-0.25, -0.2) is 0 Å². The lowest BCUT2D eigenvalue weighted by molar-refractivity contribution is 0.154. The maximum atomic E-state index is 5.40. The van der Waals surface area contributed by atoms with Crippen molar-refractivity contribution in [3.05, 3.63) is 71.8 Å². The SMILES string of the molecule is COc1ccccc1C=CCN1CCN(CC=Cc2ccccc2OC)CC1. The number of methoxy groups -OCH3 is 2. The highest BCUT2D eigenvalue weighted by Gasteiger charge is 2.14. The molecule has 2 aromatic carbocycles. The number of piperazine rings is 1. The average molecular weight is 379 g/mol. The molecule has 0 bridgehead atoms. The molecular formula is C24H30N2O2. The van der Waals surface area contributed by atoms with Crippen molar-refractivity contribution in [1.82, 2.24) is 9.80 Å². The maximum absolute atomic E-state index is 5.40. The summed E-state index contributed by atoms with van der Waals surface area (Å²) in [7, 11) is 3.43. The van der Waals surface area contributed by atoms with E-state index in [2.05, 4.69) is 46.2 Å². The second kappa shape index (κ2) is 10.7. The van der Waals surface area contributed by atoms with Crippen LogP contribution in [0.5, 0.6) is 11.5 Å². The van der Waals surface area contributed by atoms with Gasteiger partial charge >= 0.3 is 0 Å². The van der Waals surface area contributed by atoms with Gasteiger partial charge in [-0.15, -0.1) is 0 Å². The third-order valence-electron chi connectivity index (χ3n) is 5.06. The van der Waals surface area contributed by atoms with E-state index in [-0.39, 0.29) is 0 Å². The van der Waals surface area contributed by atoms with Crippen molar-refractivity contribution in [3.8, 4) is 11.5 Å². The molecule has 0 radical (unpaired) electrons. The molecule has 3 rings (SSSR count). The number of rotatable bonds is 8. The quantitative estimate of drug-likeness (QED) is 0.692. The van der Waals surface area contributed by atoms with Crippen molar-refractivity contribution in [3.63, 3.8) is 0 Å². The van der Waals surface area contributed by atoms with Crippen LogP contribution in [0.1, 0.15) is 11.1 Å². The Morgan fingerprint density at radius 2 is 1.07 bits per heavy atom. The second-order valence-electron chi connectivity index (χ2n) is 6.89. The molecule has 4 heteroatoms. The molecule has 0 spiro atoms. The Balaban J connectivity index is 1.42. The number of para-hydroxylation sites is 2. The van der Waals surface area contributed by atoms with Crippen LogP contribution >= 0.6 is 0 Å². The van der Waals surface area contributed by atoms with Crippen molar-refractivity contribution < 1.29 is 9.47 Å². The van der Waals surface area contributed by atoms with Gasteiger partial charge in [-0.2, -0.15) is 0 Å². The molecule has 0 saturated carbocycles. The molecule has 0 aromatic heterocycles. The molecule has 1 aliphatic heterocycles.